The monoisotopic (exact) mass is 828 g/mol. The van der Waals surface area contributed by atoms with Crippen molar-refractivity contribution in [3.05, 3.63) is 263 Å². The molecule has 15 rings (SSSR count). The molecule has 0 N–H and O–H groups in total. The Morgan fingerprint density at radius 2 is 0.831 bits per heavy atom. The van der Waals surface area contributed by atoms with Crippen molar-refractivity contribution in [2.75, 3.05) is 9.80 Å². The van der Waals surface area contributed by atoms with Gasteiger partial charge in [-0.05, 0) is 128 Å². The highest BCUT2D eigenvalue weighted by Crippen LogP contribution is 2.68. The first kappa shape index (κ1) is 35.0. The second-order valence-electron chi connectivity index (χ2n) is 17.6. The average Bonchev–Trinajstić information content (AvgIpc) is 3.95. The number of fused-ring (bicyclic) bond motifs is 21. The van der Waals surface area contributed by atoms with Gasteiger partial charge in [0.15, 0.2) is 11.5 Å². The van der Waals surface area contributed by atoms with E-state index in [1.165, 1.54) is 55.6 Å². The van der Waals surface area contributed by atoms with Crippen molar-refractivity contribution >= 4 is 34.1 Å². The Kier molecular flexibility index (Phi) is 6.76. The lowest BCUT2D eigenvalue weighted by Gasteiger charge is -2.45. The van der Waals surface area contributed by atoms with E-state index >= 15 is 0 Å². The topological polar surface area (TPSA) is 41.5 Å². The van der Waals surface area contributed by atoms with E-state index in [2.05, 4.69) is 192 Å². The summed E-state index contributed by atoms with van der Waals surface area (Å²) in [6.45, 7) is 0. The van der Waals surface area contributed by atoms with Crippen LogP contribution in [0.1, 0.15) is 44.5 Å². The third kappa shape index (κ3) is 4.24. The van der Waals surface area contributed by atoms with Gasteiger partial charge in [-0.15, -0.1) is 0 Å². The summed E-state index contributed by atoms with van der Waals surface area (Å²) in [6, 6.07) is 75.5. The average molecular weight is 829 g/mol. The van der Waals surface area contributed by atoms with E-state index in [1.807, 2.05) is 36.7 Å². The summed E-state index contributed by atoms with van der Waals surface area (Å²) in [6.07, 6.45) is 3.92. The molecule has 0 saturated carbocycles. The highest BCUT2D eigenvalue weighted by Gasteiger charge is 2.57. The lowest BCUT2D eigenvalue weighted by Crippen LogP contribution is -2.37. The van der Waals surface area contributed by atoms with Crippen molar-refractivity contribution in [3.63, 3.8) is 0 Å². The van der Waals surface area contributed by atoms with Crippen molar-refractivity contribution < 1.29 is 4.74 Å². The van der Waals surface area contributed by atoms with Crippen LogP contribution in [0.2, 0.25) is 0 Å². The van der Waals surface area contributed by atoms with E-state index in [-0.39, 0.29) is 0 Å². The van der Waals surface area contributed by atoms with Crippen LogP contribution < -0.4 is 14.5 Å². The van der Waals surface area contributed by atoms with Crippen molar-refractivity contribution in [3.8, 4) is 45.1 Å². The van der Waals surface area contributed by atoms with Crippen LogP contribution in [0.25, 0.3) is 33.6 Å². The molecule has 4 heterocycles. The first-order valence-electron chi connectivity index (χ1n) is 22.3. The molecule has 0 saturated heterocycles. The van der Waals surface area contributed by atoms with Crippen molar-refractivity contribution in [2.45, 2.75) is 10.8 Å². The molecule has 1 unspecified atom stereocenters. The molecule has 302 valence electrons. The summed E-state index contributed by atoms with van der Waals surface area (Å²) < 4.78 is 6.51. The summed E-state index contributed by atoms with van der Waals surface area (Å²) in [5.41, 5.74) is 21.7. The molecule has 5 heteroatoms. The Balaban J connectivity index is 1.09. The third-order valence-electron chi connectivity index (χ3n) is 14.7. The number of rotatable bonds is 2. The zero-order valence-electron chi connectivity index (χ0n) is 35.0. The molecule has 5 aliphatic rings. The van der Waals surface area contributed by atoms with E-state index in [4.69, 9.17) is 14.7 Å². The molecule has 5 nitrogen and oxygen atoms in total. The van der Waals surface area contributed by atoms with Crippen LogP contribution in [0.15, 0.2) is 219 Å². The maximum absolute atomic E-state index is 6.51. The quantitative estimate of drug-likeness (QED) is 0.174. The Labute approximate surface area is 376 Å². The predicted octanol–water partition coefficient (Wildman–Crippen LogP) is 14.5. The Hall–Kier alpha value is -8.54. The molecule has 65 heavy (non-hydrogen) atoms. The van der Waals surface area contributed by atoms with Gasteiger partial charge in [-0.25, -0.2) is 0 Å². The number of hydrogen-bond donors (Lipinski definition) is 0. The molecule has 2 aromatic heterocycles. The molecule has 1 atom stereocenters. The summed E-state index contributed by atoms with van der Waals surface area (Å²) in [7, 11) is 0. The van der Waals surface area contributed by atoms with Gasteiger partial charge in [0.1, 0.15) is 0 Å². The van der Waals surface area contributed by atoms with Gasteiger partial charge in [-0.2, -0.15) is 0 Å². The standard InChI is InChI=1S/C60H36N4O/c1-2-17-37(18-3-1)63-51-27-11-10-25-46(51)60(47-26-16-32-61-57(47)58-50(60)33-38(36-62-58)64-52-28-12-14-30-55(52)65-56-31-15-13-29-53(56)64)49-34-42-41-21-6-9-24-45(41)59(48(42)35-54(49)63)43-22-7-4-19-39(43)40-20-5-8-23-44(40)59/h1-36H. The zero-order valence-corrected chi connectivity index (χ0v) is 35.0. The Bertz CT molecular complexity index is 3600. The molecule has 0 amide bonds. The van der Waals surface area contributed by atoms with Gasteiger partial charge >= 0.3 is 0 Å². The maximum atomic E-state index is 6.51. The minimum atomic E-state index is -0.796. The second kappa shape index (κ2) is 12.6. The predicted molar refractivity (Wildman–Crippen MR) is 259 cm³/mol. The number of nitrogens with zero attached hydrogens (tertiary/aromatic N) is 4. The number of para-hydroxylation sites is 6. The van der Waals surface area contributed by atoms with Crippen LogP contribution in [0.5, 0.6) is 11.5 Å². The summed E-state index contributed by atoms with van der Waals surface area (Å²) in [5.74, 6) is 1.60. The van der Waals surface area contributed by atoms with Crippen molar-refractivity contribution in [2.24, 2.45) is 0 Å². The largest absolute Gasteiger partial charge is 0.453 e. The number of aromatic nitrogens is 2. The fraction of sp³-hybridized carbons (Fsp3) is 0.0333. The van der Waals surface area contributed by atoms with E-state index in [0.717, 1.165) is 68.1 Å². The van der Waals surface area contributed by atoms with Gasteiger partial charge < -0.3 is 14.5 Å². The maximum Gasteiger partial charge on any atom is 0.151 e. The van der Waals surface area contributed by atoms with Gasteiger partial charge in [0, 0.05) is 17.4 Å². The molecule has 0 radical (unpaired) electrons. The van der Waals surface area contributed by atoms with Crippen LogP contribution in [0.3, 0.4) is 0 Å². The van der Waals surface area contributed by atoms with Crippen molar-refractivity contribution in [1.29, 1.82) is 0 Å². The van der Waals surface area contributed by atoms with E-state index in [9.17, 15) is 0 Å². The number of anilines is 6. The van der Waals surface area contributed by atoms with E-state index in [1.54, 1.807) is 0 Å². The summed E-state index contributed by atoms with van der Waals surface area (Å²) >= 11 is 0. The highest BCUT2D eigenvalue weighted by atomic mass is 16.5. The lowest BCUT2D eigenvalue weighted by molar-refractivity contribution is 0.477. The fourth-order valence-electron chi connectivity index (χ4n) is 12.4. The third-order valence-corrected chi connectivity index (χ3v) is 14.7. The number of pyridine rings is 2. The SMILES string of the molecule is c1ccc(N2c3ccccc3C3(c4cc5c(cc42)C2(c4ccccc4-c4ccccc42)c2ccccc2-5)c2cccnc2-c2ncc(N4c5ccccc5Oc5ccccc54)cc23)cc1. The van der Waals surface area contributed by atoms with Crippen LogP contribution in [-0.2, 0) is 10.8 Å². The number of benzene rings is 8. The minimum Gasteiger partial charge on any atom is -0.453 e. The van der Waals surface area contributed by atoms with Gasteiger partial charge in [0.25, 0.3) is 0 Å². The number of hydrogen-bond acceptors (Lipinski definition) is 5. The molecule has 2 spiro atoms. The molecule has 8 aromatic carbocycles. The molecule has 2 aliphatic heterocycles. The highest BCUT2D eigenvalue weighted by molar-refractivity contribution is 6.01. The summed E-state index contributed by atoms with van der Waals surface area (Å²) in [4.78, 5) is 15.4. The first-order chi connectivity index (χ1) is 32.3. The lowest BCUT2D eigenvalue weighted by atomic mass is 9.63. The molecular formula is C60H36N4O. The van der Waals surface area contributed by atoms with Crippen molar-refractivity contribution in [1.82, 2.24) is 9.97 Å². The smallest absolute Gasteiger partial charge is 0.151 e. The zero-order chi connectivity index (χ0) is 42.4. The van der Waals surface area contributed by atoms with Gasteiger partial charge in [-0.3, -0.25) is 9.97 Å². The normalized spacial score (nSPS) is 16.6. The minimum absolute atomic E-state index is 0.514. The number of ether oxygens (including phenoxy) is 1. The Morgan fingerprint density at radius 3 is 1.51 bits per heavy atom. The Morgan fingerprint density at radius 1 is 0.323 bits per heavy atom. The molecular weight excluding hydrogens is 793 g/mol. The van der Waals surface area contributed by atoms with Gasteiger partial charge in [0.2, 0.25) is 0 Å². The van der Waals surface area contributed by atoms with Crippen LogP contribution in [0, 0.1) is 0 Å². The fourth-order valence-corrected chi connectivity index (χ4v) is 12.4. The van der Waals surface area contributed by atoms with Crippen LogP contribution >= 0.6 is 0 Å². The van der Waals surface area contributed by atoms with Gasteiger partial charge in [0.05, 0.1) is 56.9 Å². The first-order valence-corrected chi connectivity index (χ1v) is 22.3. The molecule has 10 aromatic rings. The van der Waals surface area contributed by atoms with E-state index < -0.39 is 10.8 Å². The van der Waals surface area contributed by atoms with Crippen LogP contribution in [-0.4, -0.2) is 9.97 Å². The molecule has 0 bridgehead atoms. The van der Waals surface area contributed by atoms with Crippen LogP contribution in [0.4, 0.5) is 34.1 Å². The van der Waals surface area contributed by atoms with Gasteiger partial charge in [-0.1, -0.05) is 140 Å². The second-order valence-corrected chi connectivity index (χ2v) is 17.6. The van der Waals surface area contributed by atoms with E-state index in [0.29, 0.717) is 0 Å². The molecule has 0 fully saturated rings. The summed E-state index contributed by atoms with van der Waals surface area (Å²) in [5, 5.41) is 0. The molecule has 3 aliphatic carbocycles.